The van der Waals surface area contributed by atoms with Gasteiger partial charge in [0, 0.05) is 16.0 Å². The van der Waals surface area contributed by atoms with E-state index < -0.39 is 0 Å². The van der Waals surface area contributed by atoms with E-state index in [9.17, 15) is 4.79 Å². The van der Waals surface area contributed by atoms with E-state index in [2.05, 4.69) is 0 Å². The molecule has 0 saturated heterocycles. The van der Waals surface area contributed by atoms with Crippen LogP contribution in [-0.4, -0.2) is 5.78 Å². The zero-order chi connectivity index (χ0) is 13.4. The summed E-state index contributed by atoms with van der Waals surface area (Å²) in [6.45, 7) is 1.96. The average Bonchev–Trinajstić information content (AvgIpc) is 2.83. The SMILES string of the molecule is Cc1cccc2cc(C(=O)c3cccc(Cl)c3)oc12. The van der Waals surface area contributed by atoms with E-state index >= 15 is 0 Å². The largest absolute Gasteiger partial charge is 0.452 e. The Labute approximate surface area is 115 Å². The number of furan rings is 1. The number of benzene rings is 2. The zero-order valence-corrected chi connectivity index (χ0v) is 11.1. The van der Waals surface area contributed by atoms with E-state index in [1.165, 1.54) is 0 Å². The molecule has 0 spiro atoms. The van der Waals surface area contributed by atoms with Crippen LogP contribution in [0.4, 0.5) is 0 Å². The van der Waals surface area contributed by atoms with E-state index in [0.29, 0.717) is 16.3 Å². The summed E-state index contributed by atoms with van der Waals surface area (Å²) < 4.78 is 5.66. The van der Waals surface area contributed by atoms with Crippen LogP contribution < -0.4 is 0 Å². The van der Waals surface area contributed by atoms with Crippen molar-refractivity contribution in [2.45, 2.75) is 6.92 Å². The Bertz CT molecular complexity index is 771. The van der Waals surface area contributed by atoms with E-state index in [1.807, 2.05) is 25.1 Å². The predicted octanol–water partition coefficient (Wildman–Crippen LogP) is 4.63. The molecule has 0 N–H and O–H groups in total. The molecule has 0 radical (unpaired) electrons. The van der Waals surface area contributed by atoms with E-state index in [4.69, 9.17) is 16.0 Å². The van der Waals surface area contributed by atoms with Crippen LogP contribution >= 0.6 is 11.6 Å². The van der Waals surface area contributed by atoms with Gasteiger partial charge in [0.1, 0.15) is 5.58 Å². The molecule has 1 aromatic heterocycles. The fourth-order valence-corrected chi connectivity index (χ4v) is 2.28. The molecule has 3 rings (SSSR count). The molecule has 1 heterocycles. The number of fused-ring (bicyclic) bond motifs is 1. The number of ketones is 1. The highest BCUT2D eigenvalue weighted by atomic mass is 35.5. The number of carbonyl (C=O) groups excluding carboxylic acids is 1. The minimum Gasteiger partial charge on any atom is -0.452 e. The Morgan fingerprint density at radius 2 is 1.89 bits per heavy atom. The van der Waals surface area contributed by atoms with Crippen LogP contribution in [0.3, 0.4) is 0 Å². The van der Waals surface area contributed by atoms with Gasteiger partial charge in [0.05, 0.1) is 0 Å². The summed E-state index contributed by atoms with van der Waals surface area (Å²) in [5, 5.41) is 1.48. The zero-order valence-electron chi connectivity index (χ0n) is 10.3. The topological polar surface area (TPSA) is 30.2 Å². The third kappa shape index (κ3) is 2.15. The van der Waals surface area contributed by atoms with Crippen molar-refractivity contribution in [3.63, 3.8) is 0 Å². The normalized spacial score (nSPS) is 10.8. The van der Waals surface area contributed by atoms with Crippen molar-refractivity contribution in [3.8, 4) is 0 Å². The Balaban J connectivity index is 2.09. The quantitative estimate of drug-likeness (QED) is 0.636. The molecule has 0 aliphatic rings. The predicted molar refractivity (Wildman–Crippen MR) is 75.8 cm³/mol. The van der Waals surface area contributed by atoms with Gasteiger partial charge < -0.3 is 4.42 Å². The lowest BCUT2D eigenvalue weighted by molar-refractivity contribution is 0.101. The van der Waals surface area contributed by atoms with Crippen molar-refractivity contribution in [3.05, 3.63) is 70.4 Å². The second-order valence-electron chi connectivity index (χ2n) is 4.44. The number of hydrogen-bond donors (Lipinski definition) is 0. The molecule has 0 atom stereocenters. The average molecular weight is 271 g/mol. The van der Waals surface area contributed by atoms with Gasteiger partial charge in [-0.2, -0.15) is 0 Å². The molecular weight excluding hydrogens is 260 g/mol. The molecule has 0 aliphatic heterocycles. The second-order valence-corrected chi connectivity index (χ2v) is 4.88. The maximum Gasteiger partial charge on any atom is 0.228 e. The Morgan fingerprint density at radius 3 is 2.63 bits per heavy atom. The molecule has 0 unspecified atom stereocenters. The van der Waals surface area contributed by atoms with Gasteiger partial charge in [0.15, 0.2) is 5.76 Å². The molecule has 0 bridgehead atoms. The van der Waals surface area contributed by atoms with E-state index in [-0.39, 0.29) is 5.78 Å². The summed E-state index contributed by atoms with van der Waals surface area (Å²) in [6, 6.07) is 14.5. The van der Waals surface area contributed by atoms with Gasteiger partial charge >= 0.3 is 0 Å². The lowest BCUT2D eigenvalue weighted by Crippen LogP contribution is -1.98. The van der Waals surface area contributed by atoms with Crippen molar-refractivity contribution in [2.24, 2.45) is 0 Å². The van der Waals surface area contributed by atoms with Gasteiger partial charge in [-0.3, -0.25) is 4.79 Å². The lowest BCUT2D eigenvalue weighted by atomic mass is 10.1. The highest BCUT2D eigenvalue weighted by molar-refractivity contribution is 6.31. The number of aryl methyl sites for hydroxylation is 1. The first-order valence-corrected chi connectivity index (χ1v) is 6.32. The van der Waals surface area contributed by atoms with Gasteiger partial charge in [0.25, 0.3) is 0 Å². The molecule has 19 heavy (non-hydrogen) atoms. The maximum absolute atomic E-state index is 12.3. The van der Waals surface area contributed by atoms with Crippen LogP contribution in [0, 0.1) is 6.92 Å². The number of rotatable bonds is 2. The van der Waals surface area contributed by atoms with Crippen molar-refractivity contribution in [2.75, 3.05) is 0 Å². The van der Waals surface area contributed by atoms with Gasteiger partial charge in [-0.05, 0) is 30.7 Å². The first kappa shape index (κ1) is 12.0. The minimum absolute atomic E-state index is 0.155. The van der Waals surface area contributed by atoms with E-state index in [1.54, 1.807) is 30.3 Å². The van der Waals surface area contributed by atoms with Crippen LogP contribution in [0.1, 0.15) is 21.7 Å². The molecule has 0 aliphatic carbocycles. The van der Waals surface area contributed by atoms with Gasteiger partial charge in [-0.1, -0.05) is 41.9 Å². The standard InChI is InChI=1S/C16H11ClO2/c1-10-4-2-6-12-9-14(19-16(10)12)15(18)11-5-3-7-13(17)8-11/h2-9H,1H3. The number of carbonyl (C=O) groups is 1. The molecular formula is C16H11ClO2. The maximum atomic E-state index is 12.3. The van der Waals surface area contributed by atoms with Crippen molar-refractivity contribution >= 4 is 28.4 Å². The Morgan fingerprint density at radius 1 is 1.11 bits per heavy atom. The highest BCUT2D eigenvalue weighted by Gasteiger charge is 2.15. The van der Waals surface area contributed by atoms with Gasteiger partial charge in [0.2, 0.25) is 5.78 Å². The van der Waals surface area contributed by atoms with Gasteiger partial charge in [-0.25, -0.2) is 0 Å². The molecule has 0 amide bonds. The number of para-hydroxylation sites is 1. The molecule has 94 valence electrons. The van der Waals surface area contributed by atoms with Gasteiger partial charge in [-0.15, -0.1) is 0 Å². The van der Waals surface area contributed by atoms with Crippen molar-refractivity contribution in [1.82, 2.24) is 0 Å². The fraction of sp³-hybridized carbons (Fsp3) is 0.0625. The van der Waals surface area contributed by atoms with Crippen LogP contribution in [0.5, 0.6) is 0 Å². The van der Waals surface area contributed by atoms with Crippen molar-refractivity contribution < 1.29 is 9.21 Å². The molecule has 0 fully saturated rings. The van der Waals surface area contributed by atoms with Crippen LogP contribution in [0.2, 0.25) is 5.02 Å². The summed E-state index contributed by atoms with van der Waals surface area (Å²) in [5.74, 6) is 0.185. The van der Waals surface area contributed by atoms with E-state index in [0.717, 1.165) is 16.5 Å². The summed E-state index contributed by atoms with van der Waals surface area (Å²) in [6.07, 6.45) is 0. The highest BCUT2D eigenvalue weighted by Crippen LogP contribution is 2.24. The number of hydrogen-bond acceptors (Lipinski definition) is 2. The molecule has 3 heteroatoms. The third-order valence-corrected chi connectivity index (χ3v) is 3.29. The van der Waals surface area contributed by atoms with Crippen LogP contribution in [-0.2, 0) is 0 Å². The number of halogens is 1. The Kier molecular flexibility index (Phi) is 2.88. The van der Waals surface area contributed by atoms with Crippen molar-refractivity contribution in [1.29, 1.82) is 0 Å². The second kappa shape index (κ2) is 4.56. The Hall–Kier alpha value is -2.06. The molecule has 2 aromatic carbocycles. The lowest BCUT2D eigenvalue weighted by Gasteiger charge is -1.97. The summed E-state index contributed by atoms with van der Waals surface area (Å²) in [7, 11) is 0. The van der Waals surface area contributed by atoms with Crippen LogP contribution in [0.15, 0.2) is 52.9 Å². The third-order valence-electron chi connectivity index (χ3n) is 3.05. The summed E-state index contributed by atoms with van der Waals surface area (Å²) >= 11 is 5.90. The summed E-state index contributed by atoms with van der Waals surface area (Å²) in [4.78, 5) is 12.3. The molecule has 2 nitrogen and oxygen atoms in total. The first-order chi connectivity index (χ1) is 9.15. The monoisotopic (exact) mass is 270 g/mol. The molecule has 3 aromatic rings. The minimum atomic E-state index is -0.155. The molecule has 0 saturated carbocycles. The smallest absolute Gasteiger partial charge is 0.228 e. The first-order valence-electron chi connectivity index (χ1n) is 5.94. The fourth-order valence-electron chi connectivity index (χ4n) is 2.09. The van der Waals surface area contributed by atoms with Crippen LogP contribution in [0.25, 0.3) is 11.0 Å². The summed E-state index contributed by atoms with van der Waals surface area (Å²) in [5.41, 5.74) is 2.31.